The summed E-state index contributed by atoms with van der Waals surface area (Å²) in [4.78, 5) is 12.0. The highest BCUT2D eigenvalue weighted by Crippen LogP contribution is 2.09. The number of hydrogen-bond donors (Lipinski definition) is 1. The fraction of sp³-hybridized carbons (Fsp3) is 0.571. The fourth-order valence-electron chi connectivity index (χ4n) is 2.56. The van der Waals surface area contributed by atoms with Crippen molar-refractivity contribution in [1.82, 2.24) is 5.32 Å². The van der Waals surface area contributed by atoms with Crippen LogP contribution in [0.2, 0.25) is 0 Å². The number of nitrogens with one attached hydrogen (secondary N) is 1. The van der Waals surface area contributed by atoms with E-state index in [-0.39, 0.29) is 5.97 Å². The largest absolute Gasteiger partial charge is 0.461 e. The second-order valence-electron chi connectivity index (χ2n) is 6.15. The van der Waals surface area contributed by atoms with Gasteiger partial charge in [0.25, 0.3) is 0 Å². The SMILES string of the molecule is CC=C(NCc1ccccc1)C(=O)OCCCCCCCCCC. The third-order valence-corrected chi connectivity index (χ3v) is 4.07. The summed E-state index contributed by atoms with van der Waals surface area (Å²) in [5, 5.41) is 3.15. The van der Waals surface area contributed by atoms with Gasteiger partial charge in [-0.2, -0.15) is 0 Å². The smallest absolute Gasteiger partial charge is 0.354 e. The van der Waals surface area contributed by atoms with E-state index in [1.54, 1.807) is 6.08 Å². The van der Waals surface area contributed by atoms with Crippen molar-refractivity contribution in [2.24, 2.45) is 0 Å². The first-order valence-corrected chi connectivity index (χ1v) is 9.39. The van der Waals surface area contributed by atoms with E-state index in [4.69, 9.17) is 4.74 Å². The van der Waals surface area contributed by atoms with Crippen LogP contribution in [0.4, 0.5) is 0 Å². The lowest BCUT2D eigenvalue weighted by atomic mass is 10.1. The molecule has 0 bridgehead atoms. The lowest BCUT2D eigenvalue weighted by Crippen LogP contribution is -2.22. The van der Waals surface area contributed by atoms with Gasteiger partial charge in [0, 0.05) is 6.54 Å². The molecule has 0 radical (unpaired) electrons. The number of hydrogen-bond acceptors (Lipinski definition) is 3. The van der Waals surface area contributed by atoms with Gasteiger partial charge in [-0.25, -0.2) is 4.79 Å². The second-order valence-corrected chi connectivity index (χ2v) is 6.15. The highest BCUT2D eigenvalue weighted by molar-refractivity contribution is 5.87. The molecule has 0 amide bonds. The molecule has 0 aliphatic heterocycles. The number of unbranched alkanes of at least 4 members (excludes halogenated alkanes) is 7. The first-order chi connectivity index (χ1) is 11.8. The van der Waals surface area contributed by atoms with Crippen LogP contribution in [0.25, 0.3) is 0 Å². The normalized spacial score (nSPS) is 11.3. The molecule has 134 valence electrons. The van der Waals surface area contributed by atoms with Gasteiger partial charge in [-0.1, -0.05) is 88.3 Å². The molecule has 0 aliphatic carbocycles. The van der Waals surface area contributed by atoms with E-state index in [2.05, 4.69) is 12.2 Å². The van der Waals surface area contributed by atoms with Crippen LogP contribution in [0, 0.1) is 0 Å². The van der Waals surface area contributed by atoms with E-state index in [1.807, 2.05) is 37.3 Å². The minimum atomic E-state index is -0.253. The van der Waals surface area contributed by atoms with Crippen molar-refractivity contribution < 1.29 is 9.53 Å². The first-order valence-electron chi connectivity index (χ1n) is 9.39. The van der Waals surface area contributed by atoms with Crippen LogP contribution in [-0.4, -0.2) is 12.6 Å². The summed E-state index contributed by atoms with van der Waals surface area (Å²) in [6, 6.07) is 10.0. The molecule has 0 aromatic heterocycles. The summed E-state index contributed by atoms with van der Waals surface area (Å²) in [6.07, 6.45) is 11.7. The van der Waals surface area contributed by atoms with Crippen molar-refractivity contribution >= 4 is 5.97 Å². The molecule has 3 nitrogen and oxygen atoms in total. The van der Waals surface area contributed by atoms with Gasteiger partial charge in [0.05, 0.1) is 6.61 Å². The van der Waals surface area contributed by atoms with Crippen molar-refractivity contribution in [3.63, 3.8) is 0 Å². The Balaban J connectivity index is 2.10. The summed E-state index contributed by atoms with van der Waals surface area (Å²) < 4.78 is 5.36. The lowest BCUT2D eigenvalue weighted by Gasteiger charge is -2.10. The number of benzene rings is 1. The Morgan fingerprint density at radius 2 is 1.62 bits per heavy atom. The standard InChI is InChI=1S/C21H33NO2/c1-3-5-6-7-8-9-10-14-17-24-21(23)20(4-2)22-18-19-15-12-11-13-16-19/h4,11-13,15-16,22H,3,5-10,14,17-18H2,1-2H3. The van der Waals surface area contributed by atoms with Crippen LogP contribution in [0.1, 0.15) is 70.8 Å². The number of carbonyl (C=O) groups excluding carboxylic acids is 1. The van der Waals surface area contributed by atoms with Crippen molar-refractivity contribution in [2.75, 3.05) is 6.61 Å². The lowest BCUT2D eigenvalue weighted by molar-refractivity contribution is -0.139. The van der Waals surface area contributed by atoms with Crippen LogP contribution in [0.15, 0.2) is 42.1 Å². The van der Waals surface area contributed by atoms with Gasteiger partial charge in [0.15, 0.2) is 0 Å². The molecular formula is C21H33NO2. The molecule has 0 heterocycles. The highest BCUT2D eigenvalue weighted by Gasteiger charge is 2.09. The molecular weight excluding hydrogens is 298 g/mol. The molecule has 0 atom stereocenters. The van der Waals surface area contributed by atoms with Gasteiger partial charge in [-0.15, -0.1) is 0 Å². The van der Waals surface area contributed by atoms with Gasteiger partial charge in [0.1, 0.15) is 5.70 Å². The summed E-state index contributed by atoms with van der Waals surface area (Å²) in [5.74, 6) is -0.253. The number of carbonyl (C=O) groups is 1. The molecule has 0 spiro atoms. The maximum atomic E-state index is 12.0. The maximum absolute atomic E-state index is 12.0. The van der Waals surface area contributed by atoms with E-state index in [0.717, 1.165) is 18.4 Å². The summed E-state index contributed by atoms with van der Waals surface area (Å²) >= 11 is 0. The zero-order chi connectivity index (χ0) is 17.5. The monoisotopic (exact) mass is 331 g/mol. The zero-order valence-corrected chi connectivity index (χ0v) is 15.4. The fourth-order valence-corrected chi connectivity index (χ4v) is 2.56. The molecule has 1 N–H and O–H groups in total. The Bertz CT molecular complexity index is 468. The van der Waals surface area contributed by atoms with E-state index in [1.165, 1.54) is 38.5 Å². The third kappa shape index (κ3) is 9.39. The van der Waals surface area contributed by atoms with E-state index < -0.39 is 0 Å². The number of esters is 1. The predicted molar refractivity (Wildman–Crippen MR) is 101 cm³/mol. The van der Waals surface area contributed by atoms with Crippen molar-refractivity contribution in [3.05, 3.63) is 47.7 Å². The molecule has 1 rings (SSSR count). The number of ether oxygens (including phenoxy) is 1. The minimum Gasteiger partial charge on any atom is -0.461 e. The van der Waals surface area contributed by atoms with Crippen molar-refractivity contribution in [2.45, 2.75) is 71.8 Å². The van der Waals surface area contributed by atoms with Gasteiger partial charge in [-0.05, 0) is 18.9 Å². The van der Waals surface area contributed by atoms with Gasteiger partial charge >= 0.3 is 5.97 Å². The summed E-state index contributed by atoms with van der Waals surface area (Å²) in [6.45, 7) is 5.23. The van der Waals surface area contributed by atoms with Crippen LogP contribution in [0.3, 0.4) is 0 Å². The third-order valence-electron chi connectivity index (χ3n) is 4.07. The van der Waals surface area contributed by atoms with Gasteiger partial charge in [0.2, 0.25) is 0 Å². The Morgan fingerprint density at radius 1 is 1.00 bits per heavy atom. The van der Waals surface area contributed by atoms with Gasteiger partial charge in [-0.3, -0.25) is 0 Å². The van der Waals surface area contributed by atoms with Crippen LogP contribution in [0.5, 0.6) is 0 Å². The van der Waals surface area contributed by atoms with Crippen LogP contribution in [-0.2, 0) is 16.1 Å². The molecule has 0 saturated carbocycles. The minimum absolute atomic E-state index is 0.253. The van der Waals surface area contributed by atoms with Gasteiger partial charge < -0.3 is 10.1 Å². The molecule has 0 fully saturated rings. The Morgan fingerprint density at radius 3 is 2.25 bits per heavy atom. The zero-order valence-electron chi connectivity index (χ0n) is 15.4. The summed E-state index contributed by atoms with van der Waals surface area (Å²) in [5.41, 5.74) is 1.69. The Labute approximate surface area is 147 Å². The first kappa shape index (κ1) is 20.3. The van der Waals surface area contributed by atoms with Crippen LogP contribution >= 0.6 is 0 Å². The predicted octanol–water partition coefficient (Wildman–Crippen LogP) is 5.36. The second kappa shape index (κ2) is 13.6. The summed E-state index contributed by atoms with van der Waals surface area (Å²) in [7, 11) is 0. The van der Waals surface area contributed by atoms with E-state index in [0.29, 0.717) is 18.8 Å². The number of rotatable bonds is 13. The quantitative estimate of drug-likeness (QED) is 0.300. The molecule has 24 heavy (non-hydrogen) atoms. The average Bonchev–Trinajstić information content (AvgIpc) is 2.61. The topological polar surface area (TPSA) is 38.3 Å². The molecule has 1 aromatic carbocycles. The molecule has 3 heteroatoms. The highest BCUT2D eigenvalue weighted by atomic mass is 16.5. The Hall–Kier alpha value is -1.77. The maximum Gasteiger partial charge on any atom is 0.354 e. The van der Waals surface area contributed by atoms with E-state index >= 15 is 0 Å². The molecule has 0 saturated heterocycles. The molecule has 1 aromatic rings. The molecule has 0 unspecified atom stereocenters. The molecule has 0 aliphatic rings. The average molecular weight is 332 g/mol. The Kier molecular flexibility index (Phi) is 11.5. The van der Waals surface area contributed by atoms with Crippen molar-refractivity contribution in [1.29, 1.82) is 0 Å². The van der Waals surface area contributed by atoms with Crippen LogP contribution < -0.4 is 5.32 Å². The number of allylic oxidation sites excluding steroid dienone is 1. The van der Waals surface area contributed by atoms with Crippen molar-refractivity contribution in [3.8, 4) is 0 Å². The van der Waals surface area contributed by atoms with E-state index in [9.17, 15) is 4.79 Å².